The molecule has 2 unspecified atom stereocenters. The standard InChI is InChI=1S/C24H28ClF3N4O2/c1-13(16-3-2-4-17(21(16)26)22(27)28)30-23-18-9-14(10-19(18)31-24(25)32-23)5-6-20(33)15-11-29-7-8-34-12-15/h2-4,13-15,22,29H,5-12H2,1H3,(H,30,31,32)/t13-,14?,15?/m1/s1. The molecule has 1 aliphatic carbocycles. The van der Waals surface area contributed by atoms with Crippen LogP contribution in [0.4, 0.5) is 19.0 Å². The molecule has 4 rings (SSSR count). The zero-order valence-electron chi connectivity index (χ0n) is 18.9. The highest BCUT2D eigenvalue weighted by Crippen LogP contribution is 2.36. The predicted octanol–water partition coefficient (Wildman–Crippen LogP) is 4.68. The van der Waals surface area contributed by atoms with Crippen LogP contribution in [0.5, 0.6) is 0 Å². The molecular weight excluding hydrogens is 469 g/mol. The van der Waals surface area contributed by atoms with Crippen LogP contribution in [0, 0.1) is 17.7 Å². The second kappa shape index (κ2) is 11.0. The molecule has 0 spiro atoms. The Bertz CT molecular complexity index is 1030. The van der Waals surface area contributed by atoms with E-state index in [9.17, 15) is 18.0 Å². The van der Waals surface area contributed by atoms with E-state index in [1.54, 1.807) is 6.92 Å². The number of hydrogen-bond acceptors (Lipinski definition) is 6. The Morgan fingerprint density at radius 1 is 1.29 bits per heavy atom. The van der Waals surface area contributed by atoms with Gasteiger partial charge >= 0.3 is 0 Å². The van der Waals surface area contributed by atoms with Crippen LogP contribution in [0.2, 0.25) is 5.28 Å². The van der Waals surface area contributed by atoms with Crippen molar-refractivity contribution in [2.24, 2.45) is 11.8 Å². The third-order valence-electron chi connectivity index (χ3n) is 6.54. The molecule has 2 heterocycles. The highest BCUT2D eigenvalue weighted by Gasteiger charge is 2.30. The Balaban J connectivity index is 1.43. The molecule has 34 heavy (non-hydrogen) atoms. The fourth-order valence-electron chi connectivity index (χ4n) is 4.66. The van der Waals surface area contributed by atoms with Gasteiger partial charge in [-0.05, 0) is 43.7 Å². The Hall–Kier alpha value is -2.23. The Morgan fingerprint density at radius 2 is 2.09 bits per heavy atom. The van der Waals surface area contributed by atoms with Crippen molar-refractivity contribution in [2.45, 2.75) is 45.1 Å². The van der Waals surface area contributed by atoms with Gasteiger partial charge in [0.1, 0.15) is 17.4 Å². The number of aromatic nitrogens is 2. The molecule has 0 radical (unpaired) electrons. The molecule has 1 fully saturated rings. The fourth-order valence-corrected chi connectivity index (χ4v) is 4.84. The van der Waals surface area contributed by atoms with Gasteiger partial charge in [-0.15, -0.1) is 0 Å². The van der Waals surface area contributed by atoms with E-state index in [2.05, 4.69) is 20.6 Å². The highest BCUT2D eigenvalue weighted by atomic mass is 35.5. The molecule has 184 valence electrons. The molecule has 0 bridgehead atoms. The van der Waals surface area contributed by atoms with E-state index in [-0.39, 0.29) is 28.5 Å². The van der Waals surface area contributed by atoms with Crippen LogP contribution in [0.1, 0.15) is 54.6 Å². The first-order chi connectivity index (χ1) is 16.3. The van der Waals surface area contributed by atoms with Gasteiger partial charge in [0.2, 0.25) is 5.28 Å². The van der Waals surface area contributed by atoms with E-state index in [0.29, 0.717) is 51.3 Å². The van der Waals surface area contributed by atoms with Crippen LogP contribution in [0.3, 0.4) is 0 Å². The number of anilines is 1. The number of halogens is 4. The van der Waals surface area contributed by atoms with Crippen molar-refractivity contribution in [3.05, 3.63) is 51.7 Å². The van der Waals surface area contributed by atoms with Crippen LogP contribution >= 0.6 is 11.6 Å². The summed E-state index contributed by atoms with van der Waals surface area (Å²) >= 11 is 6.14. The van der Waals surface area contributed by atoms with Gasteiger partial charge in [0, 0.05) is 30.6 Å². The van der Waals surface area contributed by atoms with Crippen LogP contribution in [-0.2, 0) is 22.4 Å². The molecule has 0 amide bonds. The van der Waals surface area contributed by atoms with E-state index >= 15 is 0 Å². The maximum atomic E-state index is 14.6. The highest BCUT2D eigenvalue weighted by molar-refractivity contribution is 6.28. The average Bonchev–Trinajstić information content (AvgIpc) is 3.01. The molecule has 0 saturated carbocycles. The van der Waals surface area contributed by atoms with Gasteiger partial charge in [-0.25, -0.2) is 23.1 Å². The fraction of sp³-hybridized carbons (Fsp3) is 0.542. The van der Waals surface area contributed by atoms with Crippen molar-refractivity contribution in [2.75, 3.05) is 31.6 Å². The van der Waals surface area contributed by atoms with Crippen molar-refractivity contribution in [1.29, 1.82) is 0 Å². The maximum Gasteiger partial charge on any atom is 0.266 e. The van der Waals surface area contributed by atoms with E-state index in [1.807, 2.05) is 0 Å². The molecule has 10 heteroatoms. The monoisotopic (exact) mass is 496 g/mol. The van der Waals surface area contributed by atoms with E-state index in [1.165, 1.54) is 12.1 Å². The number of rotatable bonds is 8. The summed E-state index contributed by atoms with van der Waals surface area (Å²) in [4.78, 5) is 21.3. The summed E-state index contributed by atoms with van der Waals surface area (Å²) < 4.78 is 46.3. The van der Waals surface area contributed by atoms with Crippen LogP contribution in [0.25, 0.3) is 0 Å². The SMILES string of the molecule is C[C@@H](Nc1nc(Cl)nc2c1CC(CCC(=O)C1CNCCOC1)C2)c1cccc(C(F)F)c1F. The van der Waals surface area contributed by atoms with Crippen LogP contribution in [-0.4, -0.2) is 42.1 Å². The number of carbonyl (C=O) groups is 1. The zero-order valence-corrected chi connectivity index (χ0v) is 19.7. The third-order valence-corrected chi connectivity index (χ3v) is 6.71. The molecule has 1 aromatic carbocycles. The summed E-state index contributed by atoms with van der Waals surface area (Å²) in [6.45, 7) is 4.15. The molecule has 1 aromatic heterocycles. The molecule has 1 saturated heterocycles. The van der Waals surface area contributed by atoms with E-state index < -0.39 is 23.8 Å². The Kier molecular flexibility index (Phi) is 8.06. The first kappa shape index (κ1) is 24.9. The molecule has 2 aliphatic rings. The minimum Gasteiger partial charge on any atom is -0.379 e. The quantitative estimate of drug-likeness (QED) is 0.517. The number of benzene rings is 1. The first-order valence-corrected chi connectivity index (χ1v) is 11.9. The molecular formula is C24H28ClF3N4O2. The zero-order chi connectivity index (χ0) is 24.2. The molecule has 6 nitrogen and oxygen atoms in total. The third kappa shape index (κ3) is 5.70. The number of ketones is 1. The van der Waals surface area contributed by atoms with Crippen molar-refractivity contribution in [3.8, 4) is 0 Å². The second-order valence-electron chi connectivity index (χ2n) is 8.94. The lowest BCUT2D eigenvalue weighted by Gasteiger charge is -2.19. The second-order valence-corrected chi connectivity index (χ2v) is 9.28. The smallest absolute Gasteiger partial charge is 0.266 e. The minimum atomic E-state index is -2.89. The summed E-state index contributed by atoms with van der Waals surface area (Å²) in [7, 11) is 0. The summed E-state index contributed by atoms with van der Waals surface area (Å²) in [6.07, 6.45) is -0.395. The number of hydrogen-bond donors (Lipinski definition) is 2. The number of alkyl halides is 2. The Labute approximate surface area is 201 Å². The number of nitrogens with zero attached hydrogens (tertiary/aromatic N) is 2. The number of carbonyl (C=O) groups excluding carboxylic acids is 1. The topological polar surface area (TPSA) is 76.1 Å². The largest absolute Gasteiger partial charge is 0.379 e. The summed E-state index contributed by atoms with van der Waals surface area (Å²) in [5.41, 5.74) is 1.17. The number of Topliss-reactive ketones (excluding diaryl/α,β-unsaturated/α-hetero) is 1. The lowest BCUT2D eigenvalue weighted by Crippen LogP contribution is -2.29. The van der Waals surface area contributed by atoms with Crippen molar-refractivity contribution >= 4 is 23.2 Å². The average molecular weight is 497 g/mol. The van der Waals surface area contributed by atoms with Gasteiger partial charge in [0.25, 0.3) is 6.43 Å². The number of fused-ring (bicyclic) bond motifs is 1. The van der Waals surface area contributed by atoms with Gasteiger partial charge in [0.05, 0.1) is 36.4 Å². The normalized spacial score (nSPS) is 21.2. The van der Waals surface area contributed by atoms with Crippen molar-refractivity contribution < 1.29 is 22.7 Å². The van der Waals surface area contributed by atoms with E-state index in [4.69, 9.17) is 16.3 Å². The molecule has 3 atom stereocenters. The predicted molar refractivity (Wildman–Crippen MR) is 123 cm³/mol. The summed E-state index contributed by atoms with van der Waals surface area (Å²) in [6, 6.07) is 3.36. The van der Waals surface area contributed by atoms with Gasteiger partial charge < -0.3 is 15.4 Å². The number of ether oxygens (including phenoxy) is 1. The van der Waals surface area contributed by atoms with Crippen molar-refractivity contribution in [3.63, 3.8) is 0 Å². The first-order valence-electron chi connectivity index (χ1n) is 11.5. The van der Waals surface area contributed by atoms with Crippen LogP contribution < -0.4 is 10.6 Å². The van der Waals surface area contributed by atoms with Gasteiger partial charge in [-0.2, -0.15) is 0 Å². The molecule has 1 aliphatic heterocycles. The lowest BCUT2D eigenvalue weighted by molar-refractivity contribution is -0.124. The van der Waals surface area contributed by atoms with Crippen LogP contribution in [0.15, 0.2) is 18.2 Å². The minimum absolute atomic E-state index is 0.0636. The van der Waals surface area contributed by atoms with Gasteiger partial charge in [-0.1, -0.05) is 18.2 Å². The number of nitrogens with one attached hydrogen (secondary N) is 2. The molecule has 2 N–H and O–H groups in total. The van der Waals surface area contributed by atoms with Gasteiger partial charge in [-0.3, -0.25) is 4.79 Å². The summed E-state index contributed by atoms with van der Waals surface area (Å²) in [5, 5.41) is 6.43. The summed E-state index contributed by atoms with van der Waals surface area (Å²) in [5.74, 6) is -0.184. The van der Waals surface area contributed by atoms with E-state index in [0.717, 1.165) is 23.9 Å². The van der Waals surface area contributed by atoms with Crippen molar-refractivity contribution in [1.82, 2.24) is 15.3 Å². The Morgan fingerprint density at radius 3 is 2.88 bits per heavy atom. The lowest BCUT2D eigenvalue weighted by atomic mass is 9.94. The maximum absolute atomic E-state index is 14.6. The molecule has 2 aromatic rings. The van der Waals surface area contributed by atoms with Gasteiger partial charge in [0.15, 0.2) is 0 Å².